The molecular formula is C25H29N3O5. The van der Waals surface area contributed by atoms with E-state index < -0.39 is 5.97 Å². The van der Waals surface area contributed by atoms with Gasteiger partial charge in [0, 0.05) is 43.6 Å². The number of likely N-dealkylation sites (N-methyl/N-ethyl adjacent to an activating group) is 1. The maximum absolute atomic E-state index is 12.1. The molecule has 1 saturated heterocycles. The number of fused-ring (bicyclic) bond motifs is 1. The highest BCUT2D eigenvalue weighted by Gasteiger charge is 2.16. The van der Waals surface area contributed by atoms with Crippen molar-refractivity contribution in [3.63, 3.8) is 0 Å². The third-order valence-electron chi connectivity index (χ3n) is 5.66. The van der Waals surface area contributed by atoms with Crippen molar-refractivity contribution in [2.24, 2.45) is 0 Å². The first kappa shape index (κ1) is 22.7. The number of anilines is 2. The first-order valence-corrected chi connectivity index (χ1v) is 11.2. The number of ether oxygens (including phenoxy) is 3. The number of benzene rings is 2. The number of carbonyl (C=O) groups is 2. The van der Waals surface area contributed by atoms with E-state index in [2.05, 4.69) is 22.0 Å². The molecule has 0 spiro atoms. The number of hydrogen-bond acceptors (Lipinski definition) is 7. The molecule has 2 heterocycles. The van der Waals surface area contributed by atoms with E-state index in [4.69, 9.17) is 14.2 Å². The average molecular weight is 452 g/mol. The van der Waals surface area contributed by atoms with Crippen LogP contribution in [0.1, 0.15) is 12.5 Å². The van der Waals surface area contributed by atoms with Gasteiger partial charge in [0.2, 0.25) is 0 Å². The Bertz CT molecular complexity index is 998. The molecule has 0 unspecified atom stereocenters. The van der Waals surface area contributed by atoms with E-state index in [1.807, 2.05) is 30.3 Å². The van der Waals surface area contributed by atoms with Crippen LogP contribution in [0.4, 0.5) is 11.4 Å². The smallest absolute Gasteiger partial charge is 0.331 e. The standard InChI is InChI=1S/C25H29N3O5/c1-2-27-11-13-28(14-12-27)21-7-5-20(6-8-21)26-24(29)18-33-25(30)10-4-19-3-9-22-23(17-19)32-16-15-31-22/h3-10,17H,2,11-16,18H2,1H3,(H,26,29)/b10-4+. The van der Waals surface area contributed by atoms with Crippen LogP contribution in [0.2, 0.25) is 0 Å². The normalized spacial score (nSPS) is 16.0. The van der Waals surface area contributed by atoms with E-state index in [-0.39, 0.29) is 12.5 Å². The molecule has 33 heavy (non-hydrogen) atoms. The number of hydrogen-bond donors (Lipinski definition) is 1. The summed E-state index contributed by atoms with van der Waals surface area (Å²) >= 11 is 0. The molecule has 2 aliphatic heterocycles. The van der Waals surface area contributed by atoms with Gasteiger partial charge in [-0.25, -0.2) is 4.79 Å². The van der Waals surface area contributed by atoms with E-state index in [0.717, 1.165) is 44.0 Å². The average Bonchev–Trinajstić information content (AvgIpc) is 2.86. The number of esters is 1. The van der Waals surface area contributed by atoms with Gasteiger partial charge in [0.05, 0.1) is 0 Å². The zero-order valence-electron chi connectivity index (χ0n) is 18.8. The molecule has 0 bridgehead atoms. The van der Waals surface area contributed by atoms with Crippen molar-refractivity contribution >= 4 is 29.3 Å². The summed E-state index contributed by atoms with van der Waals surface area (Å²) in [6.07, 6.45) is 2.89. The predicted octanol–water partition coefficient (Wildman–Crippen LogP) is 2.79. The van der Waals surface area contributed by atoms with Gasteiger partial charge < -0.3 is 29.3 Å². The van der Waals surface area contributed by atoms with Gasteiger partial charge in [0.15, 0.2) is 18.1 Å². The lowest BCUT2D eigenvalue weighted by Gasteiger charge is -2.35. The highest BCUT2D eigenvalue weighted by molar-refractivity contribution is 5.94. The van der Waals surface area contributed by atoms with Gasteiger partial charge in [-0.2, -0.15) is 0 Å². The zero-order chi connectivity index (χ0) is 23.0. The van der Waals surface area contributed by atoms with Crippen LogP contribution in [0.5, 0.6) is 11.5 Å². The van der Waals surface area contributed by atoms with Crippen molar-refractivity contribution in [1.82, 2.24) is 4.90 Å². The Balaban J connectivity index is 1.21. The van der Waals surface area contributed by atoms with Crippen LogP contribution in [0.15, 0.2) is 48.5 Å². The molecule has 8 nitrogen and oxygen atoms in total. The van der Waals surface area contributed by atoms with E-state index >= 15 is 0 Å². The van der Waals surface area contributed by atoms with Gasteiger partial charge in [-0.05, 0) is 54.6 Å². The van der Waals surface area contributed by atoms with Crippen LogP contribution in [0.25, 0.3) is 6.08 Å². The fourth-order valence-electron chi connectivity index (χ4n) is 3.79. The van der Waals surface area contributed by atoms with Crippen LogP contribution in [0, 0.1) is 0 Å². The van der Waals surface area contributed by atoms with Crippen LogP contribution in [-0.4, -0.2) is 69.3 Å². The summed E-state index contributed by atoms with van der Waals surface area (Å²) in [5.41, 5.74) is 2.58. The lowest BCUT2D eigenvalue weighted by molar-refractivity contribution is -0.142. The molecule has 2 aromatic rings. The minimum atomic E-state index is -0.596. The highest BCUT2D eigenvalue weighted by atomic mass is 16.6. The molecule has 0 atom stereocenters. The SMILES string of the molecule is CCN1CCN(c2ccc(NC(=O)COC(=O)/C=C/c3ccc4c(c3)OCCO4)cc2)CC1. The van der Waals surface area contributed by atoms with E-state index in [9.17, 15) is 9.59 Å². The maximum Gasteiger partial charge on any atom is 0.331 e. The molecule has 8 heteroatoms. The van der Waals surface area contributed by atoms with Crippen LogP contribution in [-0.2, 0) is 14.3 Å². The summed E-state index contributed by atoms with van der Waals surface area (Å²) in [6.45, 7) is 8.04. The molecule has 0 aromatic heterocycles. The number of nitrogens with one attached hydrogen (secondary N) is 1. The minimum Gasteiger partial charge on any atom is -0.486 e. The van der Waals surface area contributed by atoms with Gasteiger partial charge in [-0.15, -0.1) is 0 Å². The summed E-state index contributed by atoms with van der Waals surface area (Å²) in [4.78, 5) is 28.9. The van der Waals surface area contributed by atoms with Crippen LogP contribution < -0.4 is 19.7 Å². The van der Waals surface area contributed by atoms with Gasteiger partial charge in [0.1, 0.15) is 13.2 Å². The molecule has 1 amide bonds. The van der Waals surface area contributed by atoms with Crippen molar-refractivity contribution < 1.29 is 23.8 Å². The van der Waals surface area contributed by atoms with E-state index in [1.165, 1.54) is 6.08 Å². The van der Waals surface area contributed by atoms with Crippen molar-refractivity contribution in [3.05, 3.63) is 54.1 Å². The summed E-state index contributed by atoms with van der Waals surface area (Å²) in [5.74, 6) is 0.345. The molecule has 0 saturated carbocycles. The Morgan fingerprint density at radius 2 is 1.73 bits per heavy atom. The molecule has 2 aliphatic rings. The van der Waals surface area contributed by atoms with Gasteiger partial charge >= 0.3 is 5.97 Å². The lowest BCUT2D eigenvalue weighted by Crippen LogP contribution is -2.46. The second-order valence-corrected chi connectivity index (χ2v) is 7.86. The quantitative estimate of drug-likeness (QED) is 0.512. The van der Waals surface area contributed by atoms with Crippen molar-refractivity contribution in [2.45, 2.75) is 6.92 Å². The fourth-order valence-corrected chi connectivity index (χ4v) is 3.79. The molecule has 0 radical (unpaired) electrons. The Morgan fingerprint density at radius 1 is 1.00 bits per heavy atom. The zero-order valence-corrected chi connectivity index (χ0v) is 18.8. The number of nitrogens with zero attached hydrogens (tertiary/aromatic N) is 2. The third-order valence-corrected chi connectivity index (χ3v) is 5.66. The van der Waals surface area contributed by atoms with E-state index in [1.54, 1.807) is 18.2 Å². The predicted molar refractivity (Wildman–Crippen MR) is 127 cm³/mol. The topological polar surface area (TPSA) is 80.3 Å². The molecule has 2 aromatic carbocycles. The Hall–Kier alpha value is -3.52. The number of rotatable bonds is 7. The summed E-state index contributed by atoms with van der Waals surface area (Å²) in [5, 5.41) is 2.75. The largest absolute Gasteiger partial charge is 0.486 e. The Morgan fingerprint density at radius 3 is 2.45 bits per heavy atom. The van der Waals surface area contributed by atoms with Crippen LogP contribution in [0.3, 0.4) is 0 Å². The minimum absolute atomic E-state index is 0.356. The molecule has 1 N–H and O–H groups in total. The molecule has 0 aliphatic carbocycles. The second-order valence-electron chi connectivity index (χ2n) is 7.86. The van der Waals surface area contributed by atoms with Gasteiger partial charge in [0.25, 0.3) is 5.91 Å². The molecule has 174 valence electrons. The number of piperazine rings is 1. The first-order valence-electron chi connectivity index (χ1n) is 11.2. The van der Waals surface area contributed by atoms with E-state index in [0.29, 0.717) is 30.4 Å². The molecule has 1 fully saturated rings. The Labute approximate surface area is 193 Å². The van der Waals surface area contributed by atoms with Gasteiger partial charge in [-0.1, -0.05) is 13.0 Å². The van der Waals surface area contributed by atoms with Crippen molar-refractivity contribution in [1.29, 1.82) is 0 Å². The monoisotopic (exact) mass is 451 g/mol. The molecule has 4 rings (SSSR count). The molecular weight excluding hydrogens is 422 g/mol. The summed E-state index contributed by atoms with van der Waals surface area (Å²) < 4.78 is 16.0. The first-order chi connectivity index (χ1) is 16.1. The summed E-state index contributed by atoms with van der Waals surface area (Å²) in [7, 11) is 0. The van der Waals surface area contributed by atoms with Gasteiger partial charge in [-0.3, -0.25) is 4.79 Å². The second kappa shape index (κ2) is 10.9. The highest BCUT2D eigenvalue weighted by Crippen LogP contribution is 2.31. The summed E-state index contributed by atoms with van der Waals surface area (Å²) in [6, 6.07) is 13.1. The number of amides is 1. The maximum atomic E-state index is 12.1. The lowest BCUT2D eigenvalue weighted by atomic mass is 10.2. The van der Waals surface area contributed by atoms with Crippen molar-refractivity contribution in [3.8, 4) is 11.5 Å². The van der Waals surface area contributed by atoms with Crippen LogP contribution >= 0.6 is 0 Å². The third kappa shape index (κ3) is 6.26. The van der Waals surface area contributed by atoms with Crippen molar-refractivity contribution in [2.75, 3.05) is 62.8 Å². The Kier molecular flexibility index (Phi) is 7.47. The fraction of sp³-hybridized carbons (Fsp3) is 0.360. The number of carbonyl (C=O) groups excluding carboxylic acids is 2.